The summed E-state index contributed by atoms with van der Waals surface area (Å²) < 4.78 is 1.47. The van der Waals surface area contributed by atoms with Crippen LogP contribution in [0.1, 0.15) is 71.6 Å². The molecule has 17 heavy (non-hydrogen) atoms. The lowest BCUT2D eigenvalue weighted by Crippen LogP contribution is -3.00. The minimum Gasteiger partial charge on any atom is -1.00 e. The van der Waals surface area contributed by atoms with Crippen molar-refractivity contribution in [2.75, 3.05) is 26.2 Å². The van der Waals surface area contributed by atoms with Gasteiger partial charge in [-0.1, -0.05) is 26.7 Å². The van der Waals surface area contributed by atoms with E-state index in [9.17, 15) is 0 Å². The molecule has 0 amide bonds. The van der Waals surface area contributed by atoms with E-state index < -0.39 is 0 Å². The average Bonchev–Trinajstić information content (AvgIpc) is 2.31. The first-order valence-electron chi connectivity index (χ1n) is 7.68. The van der Waals surface area contributed by atoms with Crippen LogP contribution in [0.3, 0.4) is 0 Å². The predicted octanol–water partition coefficient (Wildman–Crippen LogP) is 1.37. The zero-order valence-corrected chi connectivity index (χ0v) is 13.6. The molecule has 1 saturated heterocycles. The molecule has 1 fully saturated rings. The van der Waals surface area contributed by atoms with Gasteiger partial charge in [0, 0.05) is 0 Å². The molecule has 0 unspecified atom stereocenters. The molecule has 0 aromatic rings. The molecule has 0 aromatic carbocycles. The quantitative estimate of drug-likeness (QED) is 0.469. The van der Waals surface area contributed by atoms with Crippen LogP contribution in [0.15, 0.2) is 0 Å². The molecule has 0 atom stereocenters. The summed E-state index contributed by atoms with van der Waals surface area (Å²) in [6.07, 6.45) is 13.0. The number of unbranched alkanes of at least 4 members (excludes halogenated alkanes) is 4. The SMILES string of the molecule is CCCCC[N+]1(CCCCC)CCCCC1.[Br-]. The molecule has 1 rings (SSSR count). The molecule has 0 N–H and O–H groups in total. The molecule has 104 valence electrons. The summed E-state index contributed by atoms with van der Waals surface area (Å²) in [5.74, 6) is 0. The Hall–Kier alpha value is 0.440. The van der Waals surface area contributed by atoms with Crippen molar-refractivity contribution in [2.45, 2.75) is 71.6 Å². The number of nitrogens with zero attached hydrogens (tertiary/aromatic N) is 1. The van der Waals surface area contributed by atoms with Gasteiger partial charge in [0.15, 0.2) is 0 Å². The van der Waals surface area contributed by atoms with Crippen LogP contribution in [-0.2, 0) is 0 Å². The van der Waals surface area contributed by atoms with E-state index in [2.05, 4.69) is 13.8 Å². The van der Waals surface area contributed by atoms with E-state index in [1.165, 1.54) is 88.4 Å². The molecule has 0 bridgehead atoms. The lowest BCUT2D eigenvalue weighted by molar-refractivity contribution is -0.932. The van der Waals surface area contributed by atoms with Crippen LogP contribution in [0.4, 0.5) is 0 Å². The minimum atomic E-state index is 0. The summed E-state index contributed by atoms with van der Waals surface area (Å²) >= 11 is 0. The van der Waals surface area contributed by atoms with Crippen LogP contribution in [0.25, 0.3) is 0 Å². The molecular weight excluding hydrogens is 274 g/mol. The Balaban J connectivity index is 0.00000256. The van der Waals surface area contributed by atoms with Crippen molar-refractivity contribution >= 4 is 0 Å². The Morgan fingerprint density at radius 3 is 1.59 bits per heavy atom. The molecular formula is C15H32BrN. The monoisotopic (exact) mass is 305 g/mol. The zero-order chi connectivity index (χ0) is 11.7. The second kappa shape index (κ2) is 10.4. The maximum absolute atomic E-state index is 2.32. The lowest BCUT2D eigenvalue weighted by Gasteiger charge is -2.42. The summed E-state index contributed by atoms with van der Waals surface area (Å²) in [5.41, 5.74) is 0. The fourth-order valence-electron chi connectivity index (χ4n) is 3.14. The van der Waals surface area contributed by atoms with E-state index in [1.807, 2.05) is 0 Å². The van der Waals surface area contributed by atoms with Crippen molar-refractivity contribution in [1.82, 2.24) is 0 Å². The Bertz CT molecular complexity index is 152. The molecule has 0 radical (unpaired) electrons. The maximum atomic E-state index is 2.32. The largest absolute Gasteiger partial charge is 1.00 e. The van der Waals surface area contributed by atoms with Gasteiger partial charge in [0.2, 0.25) is 0 Å². The standard InChI is InChI=1S/C15H32N.BrH/c1-3-5-8-12-16(13-9-6-4-2)14-10-7-11-15-16;/h3-15H2,1-2H3;1H/q+1;/p-1. The van der Waals surface area contributed by atoms with Gasteiger partial charge in [-0.25, -0.2) is 0 Å². The van der Waals surface area contributed by atoms with Gasteiger partial charge in [-0.05, 0) is 44.9 Å². The first kappa shape index (κ1) is 17.4. The van der Waals surface area contributed by atoms with E-state index >= 15 is 0 Å². The van der Waals surface area contributed by atoms with Gasteiger partial charge in [-0.15, -0.1) is 0 Å². The minimum absolute atomic E-state index is 0. The van der Waals surface area contributed by atoms with Gasteiger partial charge < -0.3 is 21.5 Å². The van der Waals surface area contributed by atoms with E-state index in [4.69, 9.17) is 0 Å². The van der Waals surface area contributed by atoms with Crippen LogP contribution in [0.5, 0.6) is 0 Å². The summed E-state index contributed by atoms with van der Waals surface area (Å²) in [5, 5.41) is 0. The molecule has 1 heterocycles. The summed E-state index contributed by atoms with van der Waals surface area (Å²) in [6, 6.07) is 0. The third kappa shape index (κ3) is 6.81. The van der Waals surface area contributed by atoms with Crippen LogP contribution < -0.4 is 17.0 Å². The van der Waals surface area contributed by atoms with Crippen molar-refractivity contribution in [3.05, 3.63) is 0 Å². The molecule has 1 nitrogen and oxygen atoms in total. The number of rotatable bonds is 8. The highest BCUT2D eigenvalue weighted by Crippen LogP contribution is 2.21. The number of hydrogen-bond donors (Lipinski definition) is 0. The number of piperidine rings is 1. The highest BCUT2D eigenvalue weighted by atomic mass is 79.9. The second-order valence-electron chi connectivity index (χ2n) is 5.71. The average molecular weight is 306 g/mol. The Labute approximate surface area is 119 Å². The maximum Gasteiger partial charge on any atom is 0.0786 e. The Morgan fingerprint density at radius 2 is 1.18 bits per heavy atom. The molecule has 0 saturated carbocycles. The molecule has 1 aliphatic heterocycles. The van der Waals surface area contributed by atoms with Crippen LogP contribution in [0.2, 0.25) is 0 Å². The van der Waals surface area contributed by atoms with Crippen molar-refractivity contribution < 1.29 is 21.5 Å². The Morgan fingerprint density at radius 1 is 0.706 bits per heavy atom. The van der Waals surface area contributed by atoms with Gasteiger partial charge >= 0.3 is 0 Å². The normalized spacial score (nSPS) is 18.7. The van der Waals surface area contributed by atoms with Gasteiger partial charge in [0.25, 0.3) is 0 Å². The molecule has 2 heteroatoms. The molecule has 1 aliphatic rings. The highest BCUT2D eigenvalue weighted by Gasteiger charge is 2.28. The smallest absolute Gasteiger partial charge is 0.0786 e. The van der Waals surface area contributed by atoms with Crippen LogP contribution in [-0.4, -0.2) is 30.7 Å². The molecule has 0 aromatic heterocycles. The fourth-order valence-corrected chi connectivity index (χ4v) is 3.14. The van der Waals surface area contributed by atoms with E-state index in [0.29, 0.717) is 0 Å². The number of quaternary nitrogens is 1. The first-order valence-corrected chi connectivity index (χ1v) is 7.68. The predicted molar refractivity (Wildman–Crippen MR) is 72.6 cm³/mol. The number of hydrogen-bond acceptors (Lipinski definition) is 0. The fraction of sp³-hybridized carbons (Fsp3) is 1.00. The third-order valence-corrected chi connectivity index (χ3v) is 4.24. The van der Waals surface area contributed by atoms with Gasteiger partial charge in [0.05, 0.1) is 26.2 Å². The van der Waals surface area contributed by atoms with Crippen molar-refractivity contribution in [3.8, 4) is 0 Å². The van der Waals surface area contributed by atoms with Gasteiger partial charge in [0.1, 0.15) is 0 Å². The summed E-state index contributed by atoms with van der Waals surface area (Å²) in [4.78, 5) is 0. The van der Waals surface area contributed by atoms with Gasteiger partial charge in [-0.3, -0.25) is 0 Å². The van der Waals surface area contributed by atoms with Gasteiger partial charge in [-0.2, -0.15) is 0 Å². The first-order chi connectivity index (χ1) is 7.83. The van der Waals surface area contributed by atoms with E-state index in [1.54, 1.807) is 0 Å². The molecule has 0 aliphatic carbocycles. The van der Waals surface area contributed by atoms with Crippen LogP contribution in [0, 0.1) is 0 Å². The van der Waals surface area contributed by atoms with Crippen molar-refractivity contribution in [2.24, 2.45) is 0 Å². The lowest BCUT2D eigenvalue weighted by atomic mass is 10.0. The molecule has 0 spiro atoms. The van der Waals surface area contributed by atoms with Crippen molar-refractivity contribution in [1.29, 1.82) is 0 Å². The highest BCUT2D eigenvalue weighted by molar-refractivity contribution is 4.55. The summed E-state index contributed by atoms with van der Waals surface area (Å²) in [7, 11) is 0. The topological polar surface area (TPSA) is 0 Å². The zero-order valence-electron chi connectivity index (χ0n) is 12.0. The Kier molecular flexibility index (Phi) is 10.6. The van der Waals surface area contributed by atoms with Crippen LogP contribution >= 0.6 is 0 Å². The van der Waals surface area contributed by atoms with E-state index in [0.717, 1.165) is 0 Å². The summed E-state index contributed by atoms with van der Waals surface area (Å²) in [6.45, 7) is 10.5. The number of likely N-dealkylation sites (tertiary alicyclic amines) is 1. The third-order valence-electron chi connectivity index (χ3n) is 4.24. The van der Waals surface area contributed by atoms with E-state index in [-0.39, 0.29) is 17.0 Å². The number of halogens is 1. The second-order valence-corrected chi connectivity index (χ2v) is 5.71. The van der Waals surface area contributed by atoms with Crippen molar-refractivity contribution in [3.63, 3.8) is 0 Å².